The molecule has 3 rings (SSSR count). The molecule has 0 spiro atoms. The highest BCUT2D eigenvalue weighted by molar-refractivity contribution is 5.57. The molecule has 0 saturated heterocycles. The molecule has 0 unspecified atom stereocenters. The van der Waals surface area contributed by atoms with Crippen LogP contribution < -0.4 is 5.56 Å². The van der Waals surface area contributed by atoms with Crippen molar-refractivity contribution in [2.24, 2.45) is 7.05 Å². The lowest BCUT2D eigenvalue weighted by Gasteiger charge is -1.96. The van der Waals surface area contributed by atoms with Crippen LogP contribution in [0.3, 0.4) is 0 Å². The van der Waals surface area contributed by atoms with E-state index >= 15 is 0 Å². The number of nitrogens with zero attached hydrogens (tertiary/aromatic N) is 4. The summed E-state index contributed by atoms with van der Waals surface area (Å²) in [5.41, 5.74) is 0.797. The van der Waals surface area contributed by atoms with Crippen molar-refractivity contribution in [1.82, 2.24) is 19.9 Å². The topological polar surface area (TPSA) is 73.8 Å². The minimum atomic E-state index is -0.336. The van der Waals surface area contributed by atoms with Gasteiger partial charge in [0, 0.05) is 18.7 Å². The van der Waals surface area contributed by atoms with E-state index in [1.54, 1.807) is 12.1 Å². The van der Waals surface area contributed by atoms with Crippen molar-refractivity contribution in [1.29, 1.82) is 0 Å². The third-order valence-electron chi connectivity index (χ3n) is 2.71. The zero-order valence-corrected chi connectivity index (χ0v) is 10.4. The largest absolute Gasteiger partial charge is 0.332 e. The van der Waals surface area contributed by atoms with Crippen molar-refractivity contribution in [2.45, 2.75) is 0 Å². The Bertz CT molecular complexity index is 808. The minimum Gasteiger partial charge on any atom is -0.332 e. The Balaban J connectivity index is 1.99. The van der Waals surface area contributed by atoms with E-state index in [-0.39, 0.29) is 17.3 Å². The Kier molecular flexibility index (Phi) is 2.86. The Morgan fingerprint density at radius 2 is 1.90 bits per heavy atom. The molecule has 3 aromatic rings. The van der Waals surface area contributed by atoms with Gasteiger partial charge in [-0.25, -0.2) is 9.07 Å². The molecule has 0 aliphatic heterocycles. The molecule has 0 bridgehead atoms. The summed E-state index contributed by atoms with van der Waals surface area (Å²) in [6.45, 7) is 0. The van der Waals surface area contributed by atoms with Crippen LogP contribution in [0.4, 0.5) is 4.39 Å². The second-order valence-electron chi connectivity index (χ2n) is 4.11. The van der Waals surface area contributed by atoms with E-state index in [0.717, 1.165) is 0 Å². The molecule has 0 aliphatic carbocycles. The van der Waals surface area contributed by atoms with Crippen molar-refractivity contribution in [3.05, 3.63) is 52.6 Å². The van der Waals surface area contributed by atoms with Crippen molar-refractivity contribution in [2.75, 3.05) is 0 Å². The van der Waals surface area contributed by atoms with Crippen LogP contribution in [-0.4, -0.2) is 19.9 Å². The summed E-state index contributed by atoms with van der Waals surface area (Å²) >= 11 is 0. The van der Waals surface area contributed by atoms with E-state index in [0.29, 0.717) is 17.1 Å². The van der Waals surface area contributed by atoms with Crippen LogP contribution in [-0.2, 0) is 7.05 Å². The number of hydrogen-bond donors (Lipinski definition) is 0. The lowest BCUT2D eigenvalue weighted by atomic mass is 10.2. The summed E-state index contributed by atoms with van der Waals surface area (Å²) in [6.07, 6.45) is 0. The van der Waals surface area contributed by atoms with Gasteiger partial charge in [-0.3, -0.25) is 4.79 Å². The van der Waals surface area contributed by atoms with Crippen molar-refractivity contribution in [3.8, 4) is 23.0 Å². The van der Waals surface area contributed by atoms with E-state index in [2.05, 4.69) is 15.2 Å². The Labute approximate surface area is 112 Å². The van der Waals surface area contributed by atoms with Gasteiger partial charge in [0.1, 0.15) is 11.5 Å². The van der Waals surface area contributed by atoms with Gasteiger partial charge >= 0.3 is 0 Å². The maximum absolute atomic E-state index is 12.8. The predicted molar refractivity (Wildman–Crippen MR) is 68.2 cm³/mol. The molecule has 2 aromatic heterocycles. The molecule has 1 aromatic carbocycles. The summed E-state index contributed by atoms with van der Waals surface area (Å²) < 4.78 is 19.1. The highest BCUT2D eigenvalue weighted by Gasteiger charge is 2.12. The fourth-order valence-electron chi connectivity index (χ4n) is 1.66. The molecule has 2 heterocycles. The monoisotopic (exact) mass is 272 g/mol. The van der Waals surface area contributed by atoms with Gasteiger partial charge in [0.25, 0.3) is 11.4 Å². The van der Waals surface area contributed by atoms with Gasteiger partial charge in [-0.15, -0.1) is 0 Å². The first-order valence-electron chi connectivity index (χ1n) is 5.78. The van der Waals surface area contributed by atoms with Crippen LogP contribution in [0.15, 0.2) is 45.7 Å². The molecule has 20 heavy (non-hydrogen) atoms. The number of hydrogen-bond acceptors (Lipinski definition) is 5. The number of halogens is 1. The predicted octanol–water partition coefficient (Wildman–Crippen LogP) is 1.64. The van der Waals surface area contributed by atoms with Gasteiger partial charge in [0.15, 0.2) is 0 Å². The molecule has 0 saturated carbocycles. The minimum absolute atomic E-state index is 0.194. The number of benzene rings is 1. The van der Waals surface area contributed by atoms with Crippen LogP contribution in [0.25, 0.3) is 23.0 Å². The third-order valence-corrected chi connectivity index (χ3v) is 2.71. The molecule has 0 atom stereocenters. The maximum atomic E-state index is 12.8. The molecule has 0 aliphatic rings. The van der Waals surface area contributed by atoms with Crippen LogP contribution in [0, 0.1) is 5.82 Å². The number of rotatable bonds is 2. The molecular weight excluding hydrogens is 263 g/mol. The third kappa shape index (κ3) is 2.20. The van der Waals surface area contributed by atoms with E-state index in [1.165, 1.54) is 36.0 Å². The van der Waals surface area contributed by atoms with Crippen molar-refractivity contribution < 1.29 is 8.91 Å². The molecule has 7 heteroatoms. The lowest BCUT2D eigenvalue weighted by molar-refractivity contribution is 0.429. The molecule has 0 fully saturated rings. The highest BCUT2D eigenvalue weighted by atomic mass is 19.1. The molecule has 0 N–H and O–H groups in total. The molecule has 100 valence electrons. The fraction of sp³-hybridized carbons (Fsp3) is 0.0769. The van der Waals surface area contributed by atoms with Gasteiger partial charge in [0.2, 0.25) is 5.82 Å². The average molecular weight is 272 g/mol. The van der Waals surface area contributed by atoms with Gasteiger partial charge in [-0.05, 0) is 30.3 Å². The standard InChI is InChI=1S/C13H9FN4O2/c1-18-11(19)7-6-10(16-18)13-15-12(17-20-13)8-2-4-9(14)5-3-8/h2-7H,1H3. The van der Waals surface area contributed by atoms with E-state index in [9.17, 15) is 9.18 Å². The normalized spacial score (nSPS) is 10.7. The van der Waals surface area contributed by atoms with E-state index in [4.69, 9.17) is 4.52 Å². The quantitative estimate of drug-likeness (QED) is 0.709. The van der Waals surface area contributed by atoms with E-state index < -0.39 is 0 Å². The maximum Gasteiger partial charge on any atom is 0.278 e. The van der Waals surface area contributed by atoms with Crippen LogP contribution in [0.2, 0.25) is 0 Å². The smallest absolute Gasteiger partial charge is 0.278 e. The second-order valence-corrected chi connectivity index (χ2v) is 4.11. The number of aromatic nitrogens is 4. The van der Waals surface area contributed by atoms with Gasteiger partial charge in [-0.2, -0.15) is 10.1 Å². The first kappa shape index (κ1) is 12.2. The summed E-state index contributed by atoms with van der Waals surface area (Å²) in [5, 5.41) is 7.82. The Morgan fingerprint density at radius 1 is 1.15 bits per heavy atom. The Morgan fingerprint density at radius 3 is 2.60 bits per heavy atom. The average Bonchev–Trinajstić information content (AvgIpc) is 2.92. The molecule has 0 radical (unpaired) electrons. The summed E-state index contributed by atoms with van der Waals surface area (Å²) in [4.78, 5) is 15.4. The first-order chi connectivity index (χ1) is 9.63. The summed E-state index contributed by atoms with van der Waals surface area (Å²) in [7, 11) is 1.53. The molecule has 6 nitrogen and oxygen atoms in total. The second kappa shape index (κ2) is 4.69. The fourth-order valence-corrected chi connectivity index (χ4v) is 1.66. The zero-order chi connectivity index (χ0) is 14.1. The number of aryl methyl sites for hydroxylation is 1. The SMILES string of the molecule is Cn1nc(-c2nc(-c3ccc(F)cc3)no2)ccc1=O. The summed E-state index contributed by atoms with van der Waals surface area (Å²) in [5.74, 6) is 0.188. The van der Waals surface area contributed by atoms with Crippen molar-refractivity contribution >= 4 is 0 Å². The van der Waals surface area contributed by atoms with Crippen LogP contribution in [0.5, 0.6) is 0 Å². The van der Waals surface area contributed by atoms with Crippen LogP contribution in [0.1, 0.15) is 0 Å². The van der Waals surface area contributed by atoms with Crippen LogP contribution >= 0.6 is 0 Å². The molecule has 0 amide bonds. The van der Waals surface area contributed by atoms with E-state index in [1.807, 2.05) is 0 Å². The molecular formula is C13H9FN4O2. The Hall–Kier alpha value is -2.83. The first-order valence-corrected chi connectivity index (χ1v) is 5.78. The van der Waals surface area contributed by atoms with Gasteiger partial charge in [0.05, 0.1) is 0 Å². The highest BCUT2D eigenvalue weighted by Crippen LogP contribution is 2.20. The lowest BCUT2D eigenvalue weighted by Crippen LogP contribution is -2.18. The van der Waals surface area contributed by atoms with Gasteiger partial charge in [-0.1, -0.05) is 5.16 Å². The zero-order valence-electron chi connectivity index (χ0n) is 10.4. The summed E-state index contributed by atoms with van der Waals surface area (Å²) in [6, 6.07) is 8.61. The van der Waals surface area contributed by atoms with Gasteiger partial charge < -0.3 is 4.52 Å². The van der Waals surface area contributed by atoms with Crippen molar-refractivity contribution in [3.63, 3.8) is 0 Å².